The minimum Gasteiger partial charge on any atom is -0.482 e. The fourth-order valence-electron chi connectivity index (χ4n) is 3.08. The van der Waals surface area contributed by atoms with Crippen molar-refractivity contribution < 1.29 is 14.5 Å². The van der Waals surface area contributed by atoms with E-state index >= 15 is 0 Å². The third-order valence-corrected chi connectivity index (χ3v) is 6.15. The molecule has 4 rings (SSSR count). The summed E-state index contributed by atoms with van der Waals surface area (Å²) in [5.41, 5.74) is 2.69. The molecule has 1 fully saturated rings. The van der Waals surface area contributed by atoms with Gasteiger partial charge in [0.25, 0.3) is 5.91 Å². The van der Waals surface area contributed by atoms with Crippen molar-refractivity contribution in [1.29, 1.82) is 0 Å². The highest BCUT2D eigenvalue weighted by Crippen LogP contribution is 2.33. The van der Waals surface area contributed by atoms with E-state index in [0.29, 0.717) is 26.3 Å². The number of nitro benzene ring substituents is 1. The maximum absolute atomic E-state index is 12.4. The number of amidine groups is 1. The van der Waals surface area contributed by atoms with Crippen LogP contribution in [0.25, 0.3) is 6.08 Å². The molecule has 0 aliphatic carbocycles. The van der Waals surface area contributed by atoms with Crippen molar-refractivity contribution >= 4 is 51.9 Å². The molecular weight excluding hydrogens is 462 g/mol. The van der Waals surface area contributed by atoms with Crippen LogP contribution in [-0.4, -0.2) is 16.0 Å². The van der Waals surface area contributed by atoms with Crippen molar-refractivity contribution in [3.63, 3.8) is 0 Å². The number of nitrogens with one attached hydrogen (secondary N) is 1. The number of thioether (sulfide) groups is 1. The van der Waals surface area contributed by atoms with E-state index in [4.69, 9.17) is 16.3 Å². The van der Waals surface area contributed by atoms with Gasteiger partial charge in [-0.25, -0.2) is 4.99 Å². The highest BCUT2D eigenvalue weighted by molar-refractivity contribution is 8.18. The van der Waals surface area contributed by atoms with Crippen LogP contribution in [0.5, 0.6) is 5.75 Å². The van der Waals surface area contributed by atoms with Crippen molar-refractivity contribution in [2.24, 2.45) is 4.99 Å². The molecule has 33 heavy (non-hydrogen) atoms. The minimum absolute atomic E-state index is 0.160. The predicted molar refractivity (Wildman–Crippen MR) is 131 cm³/mol. The average molecular weight is 480 g/mol. The number of hydrogen-bond acceptors (Lipinski definition) is 6. The molecule has 1 aliphatic rings. The van der Waals surface area contributed by atoms with E-state index < -0.39 is 4.92 Å². The molecule has 1 aliphatic heterocycles. The van der Waals surface area contributed by atoms with Gasteiger partial charge in [-0.05, 0) is 59.7 Å². The second-order valence-corrected chi connectivity index (χ2v) is 8.56. The number of nitro groups is 1. The van der Waals surface area contributed by atoms with Crippen molar-refractivity contribution in [2.45, 2.75) is 13.5 Å². The second kappa shape index (κ2) is 9.89. The Morgan fingerprint density at radius 1 is 1.15 bits per heavy atom. The van der Waals surface area contributed by atoms with Gasteiger partial charge < -0.3 is 10.1 Å². The molecule has 7 nitrogen and oxygen atoms in total. The van der Waals surface area contributed by atoms with E-state index in [1.165, 1.54) is 12.1 Å². The van der Waals surface area contributed by atoms with Crippen LogP contribution in [0.4, 0.5) is 11.4 Å². The number of aliphatic imine (C=N–C) groups is 1. The average Bonchev–Trinajstić information content (AvgIpc) is 3.15. The smallest absolute Gasteiger partial charge is 0.311 e. The Balaban J connectivity index is 1.55. The number of amides is 1. The van der Waals surface area contributed by atoms with Gasteiger partial charge in [0.1, 0.15) is 6.61 Å². The molecular formula is C24H18ClN3O4S. The zero-order valence-corrected chi connectivity index (χ0v) is 19.0. The number of halogens is 1. The Hall–Kier alpha value is -3.62. The van der Waals surface area contributed by atoms with Gasteiger partial charge in [-0.2, -0.15) is 0 Å². The SMILES string of the molecule is Cc1c(Cl)cccc1N=C1NC(=O)/C(=C\c2ccc(OCc3ccccc3)c([N+](=O)[O-])c2)S1. The zero-order valence-electron chi connectivity index (χ0n) is 17.4. The minimum atomic E-state index is -0.501. The van der Waals surface area contributed by atoms with Gasteiger partial charge in [-0.3, -0.25) is 14.9 Å². The van der Waals surface area contributed by atoms with Gasteiger partial charge in [0.2, 0.25) is 0 Å². The molecule has 9 heteroatoms. The van der Waals surface area contributed by atoms with Crippen LogP contribution in [0.15, 0.2) is 76.6 Å². The monoisotopic (exact) mass is 479 g/mol. The number of rotatable bonds is 6. The maximum atomic E-state index is 12.4. The maximum Gasteiger partial charge on any atom is 0.311 e. The lowest BCUT2D eigenvalue weighted by Gasteiger charge is -2.07. The topological polar surface area (TPSA) is 93.8 Å². The molecule has 0 aromatic heterocycles. The molecule has 0 atom stereocenters. The van der Waals surface area contributed by atoms with Crippen LogP contribution in [0.2, 0.25) is 5.02 Å². The van der Waals surface area contributed by atoms with Crippen molar-refractivity contribution in [1.82, 2.24) is 5.32 Å². The first kappa shape index (κ1) is 22.6. The van der Waals surface area contributed by atoms with Crippen LogP contribution in [-0.2, 0) is 11.4 Å². The van der Waals surface area contributed by atoms with Crippen LogP contribution in [0, 0.1) is 17.0 Å². The summed E-state index contributed by atoms with van der Waals surface area (Å²) in [6, 6.07) is 19.3. The van der Waals surface area contributed by atoms with Crippen LogP contribution in [0.1, 0.15) is 16.7 Å². The molecule has 0 radical (unpaired) electrons. The summed E-state index contributed by atoms with van der Waals surface area (Å²) < 4.78 is 5.66. The molecule has 166 valence electrons. The van der Waals surface area contributed by atoms with Gasteiger partial charge in [-0.15, -0.1) is 0 Å². The first-order valence-electron chi connectivity index (χ1n) is 9.90. The third-order valence-electron chi connectivity index (χ3n) is 4.83. The Labute approximate surface area is 199 Å². The van der Waals surface area contributed by atoms with Crippen LogP contribution < -0.4 is 10.1 Å². The Bertz CT molecular complexity index is 1290. The predicted octanol–water partition coefficient (Wildman–Crippen LogP) is 6.03. The summed E-state index contributed by atoms with van der Waals surface area (Å²) >= 11 is 7.29. The van der Waals surface area contributed by atoms with Crippen molar-refractivity contribution in [3.8, 4) is 5.75 Å². The summed E-state index contributed by atoms with van der Waals surface area (Å²) in [6.45, 7) is 2.06. The van der Waals surface area contributed by atoms with Crippen molar-refractivity contribution in [3.05, 3.63) is 103 Å². The lowest BCUT2D eigenvalue weighted by Crippen LogP contribution is -2.19. The van der Waals surface area contributed by atoms with E-state index in [2.05, 4.69) is 10.3 Å². The largest absolute Gasteiger partial charge is 0.482 e. The lowest BCUT2D eigenvalue weighted by atomic mass is 10.1. The van der Waals surface area contributed by atoms with E-state index in [9.17, 15) is 14.9 Å². The number of nitrogens with zero attached hydrogens (tertiary/aromatic N) is 2. The van der Waals surface area contributed by atoms with E-state index in [1.54, 1.807) is 30.3 Å². The first-order valence-corrected chi connectivity index (χ1v) is 11.1. The summed E-state index contributed by atoms with van der Waals surface area (Å²) in [5, 5.41) is 15.3. The summed E-state index contributed by atoms with van der Waals surface area (Å²) in [4.78, 5) is 28.3. The molecule has 3 aromatic rings. The zero-order chi connectivity index (χ0) is 23.4. The Morgan fingerprint density at radius 2 is 1.94 bits per heavy atom. The first-order chi connectivity index (χ1) is 15.9. The summed E-state index contributed by atoms with van der Waals surface area (Å²) in [6.07, 6.45) is 1.58. The highest BCUT2D eigenvalue weighted by Gasteiger charge is 2.25. The van der Waals surface area contributed by atoms with E-state index in [0.717, 1.165) is 22.9 Å². The van der Waals surface area contributed by atoms with E-state index in [-0.39, 0.29) is 24.0 Å². The number of hydrogen-bond donors (Lipinski definition) is 1. The van der Waals surface area contributed by atoms with E-state index in [1.807, 2.05) is 37.3 Å². The molecule has 1 heterocycles. The van der Waals surface area contributed by atoms with Gasteiger partial charge in [0, 0.05) is 11.1 Å². The highest BCUT2D eigenvalue weighted by atomic mass is 35.5. The number of ether oxygens (including phenoxy) is 1. The third kappa shape index (κ3) is 5.42. The Kier molecular flexibility index (Phi) is 6.76. The van der Waals surface area contributed by atoms with Gasteiger partial charge in [-0.1, -0.05) is 54.1 Å². The molecule has 1 saturated heterocycles. The number of carbonyl (C=O) groups excluding carboxylic acids is 1. The summed E-state index contributed by atoms with van der Waals surface area (Å²) in [7, 11) is 0. The molecule has 1 amide bonds. The van der Waals surface area contributed by atoms with Crippen LogP contribution >= 0.6 is 23.4 Å². The fourth-order valence-corrected chi connectivity index (χ4v) is 4.09. The summed E-state index contributed by atoms with van der Waals surface area (Å²) in [5.74, 6) is -0.168. The molecule has 0 spiro atoms. The number of carbonyl (C=O) groups is 1. The Morgan fingerprint density at radius 3 is 2.70 bits per heavy atom. The fraction of sp³-hybridized carbons (Fsp3) is 0.0833. The van der Waals surface area contributed by atoms with Gasteiger partial charge in [0.05, 0.1) is 15.5 Å². The number of benzene rings is 3. The molecule has 3 aromatic carbocycles. The molecule has 0 bridgehead atoms. The van der Waals surface area contributed by atoms with Crippen LogP contribution in [0.3, 0.4) is 0 Å². The molecule has 1 N–H and O–H groups in total. The second-order valence-electron chi connectivity index (χ2n) is 7.12. The van der Waals surface area contributed by atoms with Gasteiger partial charge in [0.15, 0.2) is 10.9 Å². The molecule has 0 unspecified atom stereocenters. The van der Waals surface area contributed by atoms with Gasteiger partial charge >= 0.3 is 5.69 Å². The van der Waals surface area contributed by atoms with Crippen molar-refractivity contribution in [2.75, 3.05) is 0 Å². The quantitative estimate of drug-likeness (QED) is 0.265. The normalized spacial score (nSPS) is 15.6. The lowest BCUT2D eigenvalue weighted by molar-refractivity contribution is -0.386. The molecule has 0 saturated carbocycles. The standard InChI is InChI=1S/C24H18ClN3O4S/c1-15-18(25)8-5-9-19(15)26-24-27-23(29)22(33-24)13-17-10-11-21(20(12-17)28(30)31)32-14-16-6-3-2-4-7-16/h2-13H,14H2,1H3,(H,26,27,29)/b22-13+.